The smallest absolute Gasteiger partial charge is 0.323 e. The fourth-order valence-corrected chi connectivity index (χ4v) is 1.83. The highest BCUT2D eigenvalue weighted by molar-refractivity contribution is 7.14. The van der Waals surface area contributed by atoms with E-state index in [9.17, 15) is 9.90 Å². The minimum absolute atomic E-state index is 0.363. The summed E-state index contributed by atoms with van der Waals surface area (Å²) in [6.07, 6.45) is -1.25. The molecule has 1 rings (SSSR count). The van der Waals surface area contributed by atoms with Gasteiger partial charge in [-0.05, 0) is 11.4 Å². The van der Waals surface area contributed by atoms with Gasteiger partial charge in [0, 0.05) is 5.56 Å². The van der Waals surface area contributed by atoms with E-state index in [-0.39, 0.29) is 0 Å². The molecule has 0 amide bonds. The maximum Gasteiger partial charge on any atom is 0.323 e. The van der Waals surface area contributed by atoms with Crippen molar-refractivity contribution in [3.05, 3.63) is 21.3 Å². The Morgan fingerprint density at radius 3 is 2.69 bits per heavy atom. The third kappa shape index (κ3) is 2.19. The lowest BCUT2D eigenvalue weighted by Crippen LogP contribution is -2.36. The van der Waals surface area contributed by atoms with Crippen molar-refractivity contribution in [2.24, 2.45) is 5.73 Å². The van der Waals surface area contributed by atoms with E-state index in [1.54, 1.807) is 11.4 Å². The molecular weight excluding hydrogens is 214 g/mol. The second-order valence-corrected chi connectivity index (χ2v) is 3.98. The number of nitrogens with two attached hydrogens (primary N) is 1. The number of carboxylic acids is 1. The molecule has 2 unspecified atom stereocenters. The van der Waals surface area contributed by atoms with Crippen molar-refractivity contribution in [2.75, 3.05) is 0 Å². The van der Waals surface area contributed by atoms with Crippen LogP contribution in [0, 0.1) is 0 Å². The van der Waals surface area contributed by atoms with Crippen LogP contribution in [0.4, 0.5) is 0 Å². The summed E-state index contributed by atoms with van der Waals surface area (Å²) in [5, 5.41) is 19.6. The summed E-state index contributed by atoms with van der Waals surface area (Å²) in [6.45, 7) is 0. The van der Waals surface area contributed by atoms with Gasteiger partial charge in [-0.15, -0.1) is 11.3 Å². The molecule has 1 heterocycles. The lowest BCUT2D eigenvalue weighted by Gasteiger charge is -2.13. The summed E-state index contributed by atoms with van der Waals surface area (Å²) < 4.78 is 0.365. The summed E-state index contributed by atoms with van der Waals surface area (Å²) in [7, 11) is 0. The Morgan fingerprint density at radius 2 is 2.31 bits per heavy atom. The Morgan fingerprint density at radius 1 is 1.69 bits per heavy atom. The molecule has 0 saturated carbocycles. The van der Waals surface area contributed by atoms with Gasteiger partial charge < -0.3 is 15.9 Å². The zero-order valence-electron chi connectivity index (χ0n) is 6.48. The van der Waals surface area contributed by atoms with E-state index in [0.717, 1.165) is 0 Å². The Kier molecular flexibility index (Phi) is 3.27. The van der Waals surface area contributed by atoms with Crippen molar-refractivity contribution in [3.63, 3.8) is 0 Å². The van der Waals surface area contributed by atoms with E-state index in [4.69, 9.17) is 22.4 Å². The van der Waals surface area contributed by atoms with Crippen LogP contribution in [0.1, 0.15) is 11.7 Å². The SMILES string of the molecule is NC(C(=O)O)C(O)c1ccsc1Cl. The van der Waals surface area contributed by atoms with Crippen molar-refractivity contribution in [3.8, 4) is 0 Å². The Labute approximate surface area is 83.6 Å². The van der Waals surface area contributed by atoms with Crippen molar-refractivity contribution >= 4 is 28.9 Å². The highest BCUT2D eigenvalue weighted by atomic mass is 35.5. The number of hydrogen-bond acceptors (Lipinski definition) is 4. The lowest BCUT2D eigenvalue weighted by molar-refractivity contribution is -0.141. The van der Waals surface area contributed by atoms with Crippen LogP contribution in [-0.2, 0) is 4.79 Å². The molecule has 0 saturated heterocycles. The Bertz CT molecular complexity index is 314. The molecule has 1 aromatic heterocycles. The van der Waals surface area contributed by atoms with E-state index in [2.05, 4.69) is 0 Å². The molecule has 0 aliphatic carbocycles. The molecule has 0 radical (unpaired) electrons. The zero-order chi connectivity index (χ0) is 10.0. The van der Waals surface area contributed by atoms with Crippen LogP contribution < -0.4 is 5.73 Å². The molecule has 4 N–H and O–H groups in total. The Hall–Kier alpha value is -0.620. The van der Waals surface area contributed by atoms with Gasteiger partial charge in [0.25, 0.3) is 0 Å². The molecule has 2 atom stereocenters. The fraction of sp³-hybridized carbons (Fsp3) is 0.286. The van der Waals surface area contributed by atoms with Crippen molar-refractivity contribution in [1.82, 2.24) is 0 Å². The molecule has 0 aliphatic heterocycles. The molecular formula is C7H8ClNO3S. The molecule has 1 aromatic rings. The van der Waals surface area contributed by atoms with Crippen LogP contribution >= 0.6 is 22.9 Å². The zero-order valence-corrected chi connectivity index (χ0v) is 8.05. The third-order valence-corrected chi connectivity index (χ3v) is 2.79. The van der Waals surface area contributed by atoms with E-state index in [1.165, 1.54) is 11.3 Å². The van der Waals surface area contributed by atoms with Gasteiger partial charge in [-0.3, -0.25) is 4.79 Å². The second kappa shape index (κ2) is 4.06. The number of aliphatic hydroxyl groups is 1. The lowest BCUT2D eigenvalue weighted by atomic mass is 10.1. The molecule has 0 fully saturated rings. The normalized spacial score (nSPS) is 15.3. The van der Waals surface area contributed by atoms with Gasteiger partial charge in [-0.2, -0.15) is 0 Å². The van der Waals surface area contributed by atoms with Gasteiger partial charge in [0.15, 0.2) is 0 Å². The van der Waals surface area contributed by atoms with Gasteiger partial charge in [0.1, 0.15) is 12.1 Å². The molecule has 0 aromatic carbocycles. The number of aliphatic hydroxyl groups excluding tert-OH is 1. The molecule has 6 heteroatoms. The van der Waals surface area contributed by atoms with Gasteiger partial charge in [-0.1, -0.05) is 11.6 Å². The number of thiophene rings is 1. The summed E-state index contributed by atoms with van der Waals surface area (Å²) >= 11 is 6.91. The summed E-state index contributed by atoms with van der Waals surface area (Å²) in [4.78, 5) is 10.4. The number of aliphatic carboxylic acids is 1. The molecule has 4 nitrogen and oxygen atoms in total. The third-order valence-electron chi connectivity index (χ3n) is 1.59. The number of halogens is 1. The van der Waals surface area contributed by atoms with E-state index >= 15 is 0 Å². The van der Waals surface area contributed by atoms with E-state index < -0.39 is 18.1 Å². The maximum absolute atomic E-state index is 10.4. The number of carboxylic acid groups (broad SMARTS) is 1. The molecule has 0 spiro atoms. The molecule has 72 valence electrons. The first-order chi connectivity index (χ1) is 6.04. The highest BCUT2D eigenvalue weighted by Crippen LogP contribution is 2.29. The first kappa shape index (κ1) is 10.5. The second-order valence-electron chi connectivity index (χ2n) is 2.46. The quantitative estimate of drug-likeness (QED) is 0.707. The van der Waals surface area contributed by atoms with Crippen molar-refractivity contribution in [1.29, 1.82) is 0 Å². The first-order valence-corrected chi connectivity index (χ1v) is 4.69. The van der Waals surface area contributed by atoms with Gasteiger partial charge in [0.2, 0.25) is 0 Å². The number of carbonyl (C=O) groups is 1. The monoisotopic (exact) mass is 221 g/mol. The topological polar surface area (TPSA) is 83.6 Å². The summed E-state index contributed by atoms with van der Waals surface area (Å²) in [6, 6.07) is 0.215. The standard InChI is InChI=1S/C7H8ClNO3S/c8-6-3(1-2-13-6)5(10)4(9)7(11)12/h1-2,4-5,10H,9H2,(H,11,12). The van der Waals surface area contributed by atoms with Crippen LogP contribution in [0.25, 0.3) is 0 Å². The van der Waals surface area contributed by atoms with Crippen LogP contribution in [0.3, 0.4) is 0 Å². The van der Waals surface area contributed by atoms with Crippen LogP contribution in [0.5, 0.6) is 0 Å². The Balaban J connectivity index is 2.85. The van der Waals surface area contributed by atoms with Gasteiger partial charge >= 0.3 is 5.97 Å². The highest BCUT2D eigenvalue weighted by Gasteiger charge is 2.25. The predicted octanol–water partition coefficient (Wildman–Crippen LogP) is 0.847. The molecule has 0 aliphatic rings. The minimum Gasteiger partial charge on any atom is -0.480 e. The maximum atomic E-state index is 10.4. The van der Waals surface area contributed by atoms with Gasteiger partial charge in [0.05, 0.1) is 4.34 Å². The first-order valence-electron chi connectivity index (χ1n) is 3.43. The summed E-state index contributed by atoms with van der Waals surface area (Å²) in [5.41, 5.74) is 5.58. The number of hydrogen-bond donors (Lipinski definition) is 3. The van der Waals surface area contributed by atoms with Gasteiger partial charge in [-0.25, -0.2) is 0 Å². The van der Waals surface area contributed by atoms with Crippen molar-refractivity contribution < 1.29 is 15.0 Å². The average molecular weight is 222 g/mol. The predicted molar refractivity (Wildman–Crippen MR) is 49.9 cm³/mol. The van der Waals surface area contributed by atoms with Crippen LogP contribution in [0.15, 0.2) is 11.4 Å². The summed E-state index contributed by atoms with van der Waals surface area (Å²) in [5.74, 6) is -1.25. The van der Waals surface area contributed by atoms with E-state index in [1.807, 2.05) is 0 Å². The fourth-order valence-electron chi connectivity index (χ4n) is 0.844. The van der Waals surface area contributed by atoms with Crippen LogP contribution in [-0.4, -0.2) is 22.2 Å². The molecule has 13 heavy (non-hydrogen) atoms. The minimum atomic E-state index is -1.34. The largest absolute Gasteiger partial charge is 0.480 e. The van der Waals surface area contributed by atoms with E-state index in [0.29, 0.717) is 9.90 Å². The average Bonchev–Trinajstić information content (AvgIpc) is 2.48. The van der Waals surface area contributed by atoms with Crippen LogP contribution in [0.2, 0.25) is 4.34 Å². The number of rotatable bonds is 3. The van der Waals surface area contributed by atoms with Crippen molar-refractivity contribution in [2.45, 2.75) is 12.1 Å². The molecule has 0 bridgehead atoms.